The van der Waals surface area contributed by atoms with E-state index in [1.165, 1.54) is 12.1 Å². The van der Waals surface area contributed by atoms with Crippen LogP contribution in [0.2, 0.25) is 0 Å². The van der Waals surface area contributed by atoms with Crippen molar-refractivity contribution >= 4 is 21.8 Å². The van der Waals surface area contributed by atoms with Crippen LogP contribution in [0.4, 0.5) is 0 Å². The van der Waals surface area contributed by atoms with Crippen molar-refractivity contribution in [1.29, 1.82) is 0 Å². The van der Waals surface area contributed by atoms with Crippen molar-refractivity contribution in [2.45, 2.75) is 12.5 Å². The molecule has 0 radical (unpaired) electrons. The van der Waals surface area contributed by atoms with Gasteiger partial charge in [-0.3, -0.25) is 0 Å². The summed E-state index contributed by atoms with van der Waals surface area (Å²) in [5, 5.41) is 18.3. The molecule has 0 aliphatic rings. The van der Waals surface area contributed by atoms with Crippen molar-refractivity contribution in [2.24, 2.45) is 0 Å². The Labute approximate surface area is 111 Å². The van der Waals surface area contributed by atoms with Crippen molar-refractivity contribution in [3.05, 3.63) is 29.8 Å². The Bertz CT molecular complexity index is 634. The molecule has 0 spiro atoms. The van der Waals surface area contributed by atoms with Gasteiger partial charge in [0.2, 0.25) is 0 Å². The van der Waals surface area contributed by atoms with Gasteiger partial charge in [-0.1, -0.05) is 0 Å². The number of aliphatic carboxylic acids is 1. The molecule has 1 aromatic carbocycles. The molecule has 0 aliphatic carbocycles. The molecule has 0 aromatic heterocycles. The number of benzene rings is 1. The number of hydrogen-bond donors (Lipinski definition) is 2. The number of rotatable bonds is 4. The van der Waals surface area contributed by atoms with Crippen molar-refractivity contribution in [3.8, 4) is 17.3 Å². The molecular weight excluding hydrogens is 288 g/mol. The second-order valence-corrected chi connectivity index (χ2v) is 4.24. The summed E-state index contributed by atoms with van der Waals surface area (Å²) < 4.78 is 21.0. The van der Waals surface area contributed by atoms with Gasteiger partial charge in [-0.15, -0.1) is 0 Å². The van der Waals surface area contributed by atoms with Gasteiger partial charge in [0.1, 0.15) is 0 Å². The average molecular weight is 297 g/mol. The van der Waals surface area contributed by atoms with Crippen LogP contribution in [0, 0.1) is 11.5 Å². The molecule has 1 aromatic rings. The van der Waals surface area contributed by atoms with E-state index in [0.29, 0.717) is 5.56 Å². The standard InChI is InChI=1S/C11H9NO5P2/c13-9-3-1-8(2-4-9)5-10(11(14)15)12(6-18-16)7-19-17/h1-4,10,13H,5H2,(H,14,15)/t10-/m0/s1. The molecule has 8 heteroatoms. The molecule has 98 valence electrons. The number of phenolic OH excluding ortho intramolecular Hbond substituents is 1. The topological polar surface area (TPSA) is 94.9 Å². The summed E-state index contributed by atoms with van der Waals surface area (Å²) in [6.45, 7) is 0. The maximum absolute atomic E-state index is 11.2. The molecule has 0 fully saturated rings. The Morgan fingerprint density at radius 3 is 2.16 bits per heavy atom. The van der Waals surface area contributed by atoms with Crippen LogP contribution >= 0.6 is 15.8 Å². The third kappa shape index (κ3) is 4.92. The zero-order valence-electron chi connectivity index (χ0n) is 9.55. The molecule has 0 unspecified atom stereocenters. The molecule has 0 saturated carbocycles. The summed E-state index contributed by atoms with van der Waals surface area (Å²) in [5.74, 6) is 3.27. The first-order valence-electron chi connectivity index (χ1n) is 5.04. The Balaban J connectivity index is 3.04. The fourth-order valence-corrected chi connectivity index (χ4v) is 2.03. The second-order valence-electron chi connectivity index (χ2n) is 3.48. The number of phenols is 1. The molecule has 0 bridgehead atoms. The number of aromatic hydroxyl groups is 1. The zero-order valence-corrected chi connectivity index (χ0v) is 11.3. The van der Waals surface area contributed by atoms with E-state index in [4.69, 9.17) is 10.2 Å². The van der Waals surface area contributed by atoms with E-state index >= 15 is 0 Å². The first-order chi connectivity index (χ1) is 9.08. The minimum atomic E-state index is -1.19. The fraction of sp³-hybridized carbons (Fsp3) is 0.182. The van der Waals surface area contributed by atoms with Crippen LogP contribution in [-0.2, 0) is 20.3 Å². The number of hydrogen-bond acceptors (Lipinski definition) is 5. The van der Waals surface area contributed by atoms with E-state index in [0.717, 1.165) is 4.90 Å². The quantitative estimate of drug-likeness (QED) is 0.653. The summed E-state index contributed by atoms with van der Waals surface area (Å²) in [6.07, 6.45) is 0.0562. The Hall–Kier alpha value is -1.53. The van der Waals surface area contributed by atoms with Gasteiger partial charge < -0.3 is 0 Å². The minimum absolute atomic E-state index is 0.0562. The summed E-state index contributed by atoms with van der Waals surface area (Å²) >= 11 is 0. The van der Waals surface area contributed by atoms with E-state index in [9.17, 15) is 13.9 Å². The van der Waals surface area contributed by atoms with Crippen LogP contribution in [0.3, 0.4) is 0 Å². The molecule has 0 amide bonds. The van der Waals surface area contributed by atoms with E-state index in [2.05, 4.69) is 11.5 Å². The molecule has 0 aliphatic heterocycles. The molecule has 0 saturated heterocycles. The van der Waals surface area contributed by atoms with Crippen LogP contribution in [0.15, 0.2) is 24.3 Å². The number of carboxylic acid groups (broad SMARTS) is 1. The summed E-state index contributed by atoms with van der Waals surface area (Å²) in [5.41, 5.74) is 0.643. The van der Waals surface area contributed by atoms with Crippen LogP contribution < -0.4 is 0 Å². The van der Waals surface area contributed by atoms with Crippen LogP contribution in [0.25, 0.3) is 0 Å². The summed E-state index contributed by atoms with van der Waals surface area (Å²) in [7, 11) is -1.07. The van der Waals surface area contributed by atoms with E-state index in [1.54, 1.807) is 12.1 Å². The van der Waals surface area contributed by atoms with Gasteiger partial charge in [-0.2, -0.15) is 0 Å². The number of nitrogens with zero attached hydrogens (tertiary/aromatic N) is 1. The summed E-state index contributed by atoms with van der Waals surface area (Å²) in [4.78, 5) is 12.1. The molecule has 0 heterocycles. The predicted molar refractivity (Wildman–Crippen MR) is 68.1 cm³/mol. The molecule has 1 rings (SSSR count). The van der Waals surface area contributed by atoms with Gasteiger partial charge in [0, 0.05) is 0 Å². The normalized spacial score (nSPS) is 11.2. The van der Waals surface area contributed by atoms with Crippen LogP contribution in [-0.4, -0.2) is 27.1 Å². The molecule has 19 heavy (non-hydrogen) atoms. The first kappa shape index (κ1) is 15.5. The molecule has 2 N–H and O–H groups in total. The predicted octanol–water partition coefficient (Wildman–Crippen LogP) is 2.11. The van der Waals surface area contributed by atoms with Gasteiger partial charge >= 0.3 is 110 Å². The number of carboxylic acids is 1. The summed E-state index contributed by atoms with van der Waals surface area (Å²) in [6, 6.07) is 4.85. The van der Waals surface area contributed by atoms with Gasteiger partial charge in [0.15, 0.2) is 0 Å². The third-order valence-electron chi connectivity index (χ3n) is 2.26. The first-order valence-corrected chi connectivity index (χ1v) is 6.67. The van der Waals surface area contributed by atoms with Crippen molar-refractivity contribution in [1.82, 2.24) is 4.90 Å². The van der Waals surface area contributed by atoms with Gasteiger partial charge in [0.05, 0.1) is 0 Å². The van der Waals surface area contributed by atoms with Crippen LogP contribution in [0.5, 0.6) is 5.75 Å². The van der Waals surface area contributed by atoms with E-state index < -0.39 is 27.8 Å². The van der Waals surface area contributed by atoms with Gasteiger partial charge in [-0.05, 0) is 0 Å². The second kappa shape index (κ2) is 7.81. The average Bonchev–Trinajstić information content (AvgIpc) is 2.37. The third-order valence-corrected chi connectivity index (χ3v) is 2.85. The Kier molecular flexibility index (Phi) is 6.38. The van der Waals surface area contributed by atoms with Crippen molar-refractivity contribution < 1.29 is 24.1 Å². The molecule has 6 nitrogen and oxygen atoms in total. The number of carbonyl (C=O) groups is 1. The van der Waals surface area contributed by atoms with Gasteiger partial charge in [0.25, 0.3) is 0 Å². The Morgan fingerprint density at radius 2 is 1.74 bits per heavy atom. The van der Waals surface area contributed by atoms with E-state index in [-0.39, 0.29) is 12.2 Å². The van der Waals surface area contributed by atoms with Crippen molar-refractivity contribution in [3.63, 3.8) is 0 Å². The molecule has 1 atom stereocenters. The van der Waals surface area contributed by atoms with Crippen molar-refractivity contribution in [2.75, 3.05) is 0 Å². The SMILES string of the molecule is O=P#CN(C#P=O)[C@@H](Cc1ccc(O)cc1)C(=O)O. The van der Waals surface area contributed by atoms with Gasteiger partial charge in [-0.25, -0.2) is 0 Å². The van der Waals surface area contributed by atoms with E-state index in [1.807, 2.05) is 0 Å². The Morgan fingerprint density at radius 1 is 1.21 bits per heavy atom. The maximum atomic E-state index is 11.2. The fourth-order valence-electron chi connectivity index (χ4n) is 1.39. The van der Waals surface area contributed by atoms with Crippen LogP contribution in [0.1, 0.15) is 5.56 Å². The monoisotopic (exact) mass is 297 g/mol. The molecular formula is C11H9NO5P2. The zero-order chi connectivity index (χ0) is 14.3.